The van der Waals surface area contributed by atoms with Gasteiger partial charge < -0.3 is 5.32 Å². The average molecular weight is 280 g/mol. The van der Waals surface area contributed by atoms with Crippen molar-refractivity contribution < 1.29 is 0 Å². The second kappa shape index (κ2) is 6.76. The van der Waals surface area contributed by atoms with Gasteiger partial charge in [0.15, 0.2) is 0 Å². The Labute approximate surface area is 122 Å². The van der Waals surface area contributed by atoms with Gasteiger partial charge in [-0.2, -0.15) is 0 Å². The lowest BCUT2D eigenvalue weighted by atomic mass is 9.97. The van der Waals surface area contributed by atoms with E-state index in [1.165, 1.54) is 50.6 Å². The standard InChI is InChI=1S/C17H26ClN/c1-3-5-16(14-6-8-15(18)9-7-14)19-13-17(10-4-2)11-12-17/h6-9,16,19H,3-5,10-13H2,1-2H3. The quantitative estimate of drug-likeness (QED) is 0.676. The minimum absolute atomic E-state index is 0.483. The van der Waals surface area contributed by atoms with Crippen LogP contribution in [0.4, 0.5) is 0 Å². The molecule has 19 heavy (non-hydrogen) atoms. The van der Waals surface area contributed by atoms with Crippen molar-refractivity contribution in [2.75, 3.05) is 6.54 Å². The molecule has 1 unspecified atom stereocenters. The van der Waals surface area contributed by atoms with E-state index in [4.69, 9.17) is 11.6 Å². The predicted octanol–water partition coefficient (Wildman–Crippen LogP) is 5.35. The molecule has 0 bridgehead atoms. The van der Waals surface area contributed by atoms with Crippen molar-refractivity contribution in [2.45, 2.75) is 58.4 Å². The molecule has 0 amide bonds. The number of rotatable bonds is 8. The van der Waals surface area contributed by atoms with E-state index in [0.717, 1.165) is 5.02 Å². The van der Waals surface area contributed by atoms with Crippen LogP contribution in [0.15, 0.2) is 24.3 Å². The van der Waals surface area contributed by atoms with E-state index in [1.54, 1.807) is 0 Å². The van der Waals surface area contributed by atoms with Crippen LogP contribution in [0.2, 0.25) is 5.02 Å². The Morgan fingerprint density at radius 2 is 1.84 bits per heavy atom. The van der Waals surface area contributed by atoms with Crippen molar-refractivity contribution in [1.29, 1.82) is 0 Å². The van der Waals surface area contributed by atoms with Crippen molar-refractivity contribution >= 4 is 11.6 Å². The second-order valence-electron chi connectivity index (χ2n) is 6.02. The second-order valence-corrected chi connectivity index (χ2v) is 6.46. The van der Waals surface area contributed by atoms with Gasteiger partial charge in [-0.15, -0.1) is 0 Å². The van der Waals surface area contributed by atoms with Gasteiger partial charge in [-0.05, 0) is 48.8 Å². The molecule has 2 rings (SSSR count). The lowest BCUT2D eigenvalue weighted by Crippen LogP contribution is -2.28. The van der Waals surface area contributed by atoms with Crippen LogP contribution >= 0.6 is 11.6 Å². The molecule has 0 heterocycles. The van der Waals surface area contributed by atoms with Gasteiger partial charge in [0.05, 0.1) is 0 Å². The first-order valence-electron chi connectivity index (χ1n) is 7.68. The lowest BCUT2D eigenvalue weighted by Gasteiger charge is -2.23. The molecular weight excluding hydrogens is 254 g/mol. The van der Waals surface area contributed by atoms with Gasteiger partial charge in [0.25, 0.3) is 0 Å². The maximum absolute atomic E-state index is 5.97. The molecule has 0 aromatic heterocycles. The molecule has 1 nitrogen and oxygen atoms in total. The number of hydrogen-bond donors (Lipinski definition) is 1. The first kappa shape index (κ1) is 14.9. The highest BCUT2D eigenvalue weighted by Gasteiger charge is 2.41. The SMILES string of the molecule is CCCC(NCC1(CCC)CC1)c1ccc(Cl)cc1. The van der Waals surface area contributed by atoms with E-state index in [0.29, 0.717) is 11.5 Å². The van der Waals surface area contributed by atoms with Crippen LogP contribution in [0.1, 0.15) is 64.0 Å². The average Bonchev–Trinajstić information content (AvgIpc) is 3.16. The highest BCUT2D eigenvalue weighted by molar-refractivity contribution is 6.30. The van der Waals surface area contributed by atoms with Crippen LogP contribution < -0.4 is 5.32 Å². The summed E-state index contributed by atoms with van der Waals surface area (Å²) in [6, 6.07) is 8.81. The van der Waals surface area contributed by atoms with Crippen LogP contribution in [0, 0.1) is 5.41 Å². The third-order valence-electron chi connectivity index (χ3n) is 4.31. The summed E-state index contributed by atoms with van der Waals surface area (Å²) in [4.78, 5) is 0. The van der Waals surface area contributed by atoms with Crippen LogP contribution in [-0.4, -0.2) is 6.54 Å². The highest BCUT2D eigenvalue weighted by Crippen LogP contribution is 2.49. The highest BCUT2D eigenvalue weighted by atomic mass is 35.5. The molecule has 1 aromatic rings. The van der Waals surface area contributed by atoms with E-state index >= 15 is 0 Å². The maximum Gasteiger partial charge on any atom is 0.0406 e. The minimum Gasteiger partial charge on any atom is -0.309 e. The van der Waals surface area contributed by atoms with Crippen LogP contribution in [0.5, 0.6) is 0 Å². The van der Waals surface area contributed by atoms with Gasteiger partial charge in [-0.1, -0.05) is 50.4 Å². The number of nitrogens with one attached hydrogen (secondary N) is 1. The molecule has 1 saturated carbocycles. The zero-order chi connectivity index (χ0) is 13.7. The fraction of sp³-hybridized carbons (Fsp3) is 0.647. The summed E-state index contributed by atoms with van der Waals surface area (Å²) in [5, 5.41) is 4.62. The van der Waals surface area contributed by atoms with E-state index in [9.17, 15) is 0 Å². The van der Waals surface area contributed by atoms with Crippen molar-refractivity contribution in [2.24, 2.45) is 5.41 Å². The molecule has 1 aliphatic carbocycles. The number of hydrogen-bond acceptors (Lipinski definition) is 1. The Kier molecular flexibility index (Phi) is 5.29. The first-order chi connectivity index (χ1) is 9.19. The normalized spacial score (nSPS) is 18.3. The first-order valence-corrected chi connectivity index (χ1v) is 8.06. The fourth-order valence-corrected chi connectivity index (χ4v) is 3.06. The molecule has 1 aliphatic rings. The summed E-state index contributed by atoms with van der Waals surface area (Å²) in [7, 11) is 0. The summed E-state index contributed by atoms with van der Waals surface area (Å²) in [6.07, 6.45) is 7.91. The maximum atomic E-state index is 5.97. The lowest BCUT2D eigenvalue weighted by molar-refractivity contribution is 0.378. The van der Waals surface area contributed by atoms with E-state index in [1.807, 2.05) is 12.1 Å². The molecule has 1 atom stereocenters. The molecule has 0 spiro atoms. The molecule has 0 aliphatic heterocycles. The molecule has 106 valence electrons. The molecule has 1 N–H and O–H groups in total. The van der Waals surface area contributed by atoms with Gasteiger partial charge >= 0.3 is 0 Å². The van der Waals surface area contributed by atoms with Crippen molar-refractivity contribution in [1.82, 2.24) is 5.32 Å². The molecule has 1 aromatic carbocycles. The molecule has 0 radical (unpaired) electrons. The van der Waals surface area contributed by atoms with Crippen molar-refractivity contribution in [3.63, 3.8) is 0 Å². The summed E-state index contributed by atoms with van der Waals surface area (Å²) in [5.41, 5.74) is 1.99. The van der Waals surface area contributed by atoms with Crippen LogP contribution in [0.25, 0.3) is 0 Å². The number of benzene rings is 1. The van der Waals surface area contributed by atoms with E-state index < -0.39 is 0 Å². The monoisotopic (exact) mass is 279 g/mol. The number of halogens is 1. The Bertz CT molecular complexity index is 381. The Hall–Kier alpha value is -0.530. The summed E-state index contributed by atoms with van der Waals surface area (Å²) < 4.78 is 0. The Morgan fingerprint density at radius 1 is 1.16 bits per heavy atom. The van der Waals surface area contributed by atoms with Gasteiger partial charge in [0.1, 0.15) is 0 Å². The Balaban J connectivity index is 1.94. The van der Waals surface area contributed by atoms with Gasteiger partial charge in [-0.3, -0.25) is 0 Å². The smallest absolute Gasteiger partial charge is 0.0406 e. The van der Waals surface area contributed by atoms with E-state index in [2.05, 4.69) is 31.3 Å². The molecule has 1 fully saturated rings. The van der Waals surface area contributed by atoms with Gasteiger partial charge in [-0.25, -0.2) is 0 Å². The molecular formula is C17H26ClN. The minimum atomic E-state index is 0.483. The summed E-state index contributed by atoms with van der Waals surface area (Å²) in [5.74, 6) is 0. The van der Waals surface area contributed by atoms with Crippen LogP contribution in [-0.2, 0) is 0 Å². The molecule has 0 saturated heterocycles. The predicted molar refractivity (Wildman–Crippen MR) is 83.7 cm³/mol. The zero-order valence-corrected chi connectivity index (χ0v) is 13.0. The van der Waals surface area contributed by atoms with Crippen molar-refractivity contribution in [3.8, 4) is 0 Å². The summed E-state index contributed by atoms with van der Waals surface area (Å²) in [6.45, 7) is 5.72. The van der Waals surface area contributed by atoms with E-state index in [-0.39, 0.29) is 0 Å². The van der Waals surface area contributed by atoms with Gasteiger partial charge in [0, 0.05) is 17.6 Å². The Morgan fingerprint density at radius 3 is 2.37 bits per heavy atom. The van der Waals surface area contributed by atoms with Crippen LogP contribution in [0.3, 0.4) is 0 Å². The fourth-order valence-electron chi connectivity index (χ4n) is 2.93. The largest absolute Gasteiger partial charge is 0.309 e. The van der Waals surface area contributed by atoms with Gasteiger partial charge in [0.2, 0.25) is 0 Å². The topological polar surface area (TPSA) is 12.0 Å². The summed E-state index contributed by atoms with van der Waals surface area (Å²) >= 11 is 5.97. The third kappa shape index (κ3) is 4.22. The molecule has 2 heteroatoms. The zero-order valence-electron chi connectivity index (χ0n) is 12.2. The third-order valence-corrected chi connectivity index (χ3v) is 4.56. The van der Waals surface area contributed by atoms with Crippen molar-refractivity contribution in [3.05, 3.63) is 34.9 Å².